The molecule has 2 N–H and O–H groups in total. The maximum atomic E-state index is 12.5. The average Bonchev–Trinajstić information content (AvgIpc) is 3.31. The number of nitrogens with one attached hydrogen (secondary N) is 2. The molecule has 2 aliphatic heterocycles. The maximum absolute atomic E-state index is 12.5. The highest BCUT2D eigenvalue weighted by Gasteiger charge is 2.39. The molecule has 1 aromatic carbocycles. The number of benzene rings is 1. The number of amides is 1. The predicted octanol–water partition coefficient (Wildman–Crippen LogP) is 3.71. The minimum Gasteiger partial charge on any atom is -0.426 e. The number of fused-ring (bicyclic) bond motifs is 2. The van der Waals surface area contributed by atoms with Crippen LogP contribution in [0.3, 0.4) is 0 Å². The van der Waals surface area contributed by atoms with Crippen LogP contribution in [0.15, 0.2) is 40.8 Å². The number of rotatable bonds is 4. The molecule has 2 aliphatic rings. The standard InChI is InChI=1S/C18H17F3N2O3/c19-18(20,21)15-7-8-16(26-15)25-12-4-1-10(2-5-12)17(24)23-14-9-11-3-6-13(14)22-11/h1-2,4-5,7-8,11,13-14,22H,3,6,9H2,(H,23,24)/t11-,13+,14-/m1/s1. The first-order valence-corrected chi connectivity index (χ1v) is 8.40. The molecular weight excluding hydrogens is 349 g/mol. The predicted molar refractivity (Wildman–Crippen MR) is 86.0 cm³/mol. The van der Waals surface area contributed by atoms with E-state index in [9.17, 15) is 18.0 Å². The molecule has 2 aromatic rings. The van der Waals surface area contributed by atoms with E-state index < -0.39 is 11.9 Å². The van der Waals surface area contributed by atoms with Crippen molar-refractivity contribution in [3.8, 4) is 11.7 Å². The van der Waals surface area contributed by atoms with Crippen molar-refractivity contribution < 1.29 is 27.1 Å². The Balaban J connectivity index is 1.37. The Kier molecular flexibility index (Phi) is 4.14. The van der Waals surface area contributed by atoms with Crippen LogP contribution in [-0.2, 0) is 6.18 Å². The third kappa shape index (κ3) is 3.41. The third-order valence-corrected chi connectivity index (χ3v) is 4.81. The van der Waals surface area contributed by atoms with E-state index in [-0.39, 0.29) is 23.6 Å². The number of alkyl halides is 3. The van der Waals surface area contributed by atoms with E-state index >= 15 is 0 Å². The molecule has 3 heterocycles. The number of furan rings is 1. The molecule has 26 heavy (non-hydrogen) atoms. The van der Waals surface area contributed by atoms with Gasteiger partial charge in [0.05, 0.1) is 0 Å². The quantitative estimate of drug-likeness (QED) is 0.866. The van der Waals surface area contributed by atoms with Crippen LogP contribution in [0.25, 0.3) is 0 Å². The summed E-state index contributed by atoms with van der Waals surface area (Å²) < 4.78 is 47.4. The van der Waals surface area contributed by atoms with Crippen molar-refractivity contribution in [3.63, 3.8) is 0 Å². The van der Waals surface area contributed by atoms with Crippen LogP contribution in [0.4, 0.5) is 13.2 Å². The number of hydrogen-bond acceptors (Lipinski definition) is 4. The summed E-state index contributed by atoms with van der Waals surface area (Å²) in [6.45, 7) is 0. The molecule has 2 bridgehead atoms. The molecule has 0 unspecified atom stereocenters. The van der Waals surface area contributed by atoms with Gasteiger partial charge in [-0.3, -0.25) is 4.79 Å². The van der Waals surface area contributed by atoms with E-state index in [0.717, 1.165) is 31.4 Å². The summed E-state index contributed by atoms with van der Waals surface area (Å²) in [5, 5.41) is 6.49. The van der Waals surface area contributed by atoms with Gasteiger partial charge in [0, 0.05) is 29.8 Å². The molecule has 4 rings (SSSR count). The Bertz CT molecular complexity index is 801. The molecule has 8 heteroatoms. The van der Waals surface area contributed by atoms with Crippen LogP contribution >= 0.6 is 0 Å². The monoisotopic (exact) mass is 366 g/mol. The lowest BCUT2D eigenvalue weighted by molar-refractivity contribution is -0.153. The Morgan fingerprint density at radius 3 is 2.50 bits per heavy atom. The van der Waals surface area contributed by atoms with E-state index in [2.05, 4.69) is 15.1 Å². The second kappa shape index (κ2) is 6.35. The van der Waals surface area contributed by atoms with Crippen molar-refractivity contribution in [1.29, 1.82) is 0 Å². The van der Waals surface area contributed by atoms with E-state index in [1.807, 2.05) is 0 Å². The van der Waals surface area contributed by atoms with Gasteiger partial charge in [-0.1, -0.05) is 0 Å². The Morgan fingerprint density at radius 1 is 1.15 bits per heavy atom. The molecule has 0 spiro atoms. The molecule has 1 aromatic heterocycles. The topological polar surface area (TPSA) is 63.5 Å². The fraction of sp³-hybridized carbons (Fsp3) is 0.389. The van der Waals surface area contributed by atoms with Gasteiger partial charge in [-0.05, 0) is 49.6 Å². The van der Waals surface area contributed by atoms with E-state index in [1.165, 1.54) is 12.1 Å². The summed E-state index contributed by atoms with van der Waals surface area (Å²) in [6, 6.07) is 9.06. The lowest BCUT2D eigenvalue weighted by atomic mass is 9.95. The van der Waals surface area contributed by atoms with Gasteiger partial charge in [0.2, 0.25) is 5.76 Å². The number of ether oxygens (including phenoxy) is 1. The smallest absolute Gasteiger partial charge is 0.426 e. The van der Waals surface area contributed by atoms with Crippen LogP contribution in [0.1, 0.15) is 35.4 Å². The van der Waals surface area contributed by atoms with Crippen LogP contribution in [-0.4, -0.2) is 24.0 Å². The molecule has 2 fully saturated rings. The van der Waals surface area contributed by atoms with Gasteiger partial charge in [-0.2, -0.15) is 13.2 Å². The molecule has 1 amide bonds. The highest BCUT2D eigenvalue weighted by molar-refractivity contribution is 5.94. The largest absolute Gasteiger partial charge is 0.449 e. The number of carbonyl (C=O) groups excluding carboxylic acids is 1. The Hall–Kier alpha value is -2.48. The van der Waals surface area contributed by atoms with Gasteiger partial charge in [-0.25, -0.2) is 0 Å². The van der Waals surface area contributed by atoms with Crippen LogP contribution < -0.4 is 15.4 Å². The second-order valence-electron chi connectivity index (χ2n) is 6.61. The highest BCUT2D eigenvalue weighted by atomic mass is 19.4. The SMILES string of the molecule is O=C(N[C@@H]1C[C@H]2CC[C@@H]1N2)c1ccc(Oc2ccc(C(F)(F)F)o2)cc1. The fourth-order valence-electron chi connectivity index (χ4n) is 3.55. The minimum absolute atomic E-state index is 0.140. The molecule has 3 atom stereocenters. The van der Waals surface area contributed by atoms with E-state index in [1.54, 1.807) is 12.1 Å². The van der Waals surface area contributed by atoms with Crippen LogP contribution in [0, 0.1) is 0 Å². The molecule has 5 nitrogen and oxygen atoms in total. The van der Waals surface area contributed by atoms with E-state index in [0.29, 0.717) is 17.6 Å². The lowest BCUT2D eigenvalue weighted by Crippen LogP contribution is -2.42. The zero-order chi connectivity index (χ0) is 18.3. The first-order valence-electron chi connectivity index (χ1n) is 8.40. The summed E-state index contributed by atoms with van der Waals surface area (Å²) in [4.78, 5) is 12.3. The van der Waals surface area contributed by atoms with Gasteiger partial charge in [-0.15, -0.1) is 0 Å². The number of halogens is 3. The molecular formula is C18H17F3N2O3. The fourth-order valence-corrected chi connectivity index (χ4v) is 3.55. The van der Waals surface area contributed by atoms with Gasteiger partial charge < -0.3 is 19.8 Å². The van der Waals surface area contributed by atoms with Crippen molar-refractivity contribution in [2.24, 2.45) is 0 Å². The van der Waals surface area contributed by atoms with Crippen molar-refractivity contribution >= 4 is 5.91 Å². The molecule has 0 aliphatic carbocycles. The summed E-state index contributed by atoms with van der Waals surface area (Å²) in [5.74, 6) is -1.27. The third-order valence-electron chi connectivity index (χ3n) is 4.81. The second-order valence-corrected chi connectivity index (χ2v) is 6.61. The lowest BCUT2D eigenvalue weighted by Gasteiger charge is -2.21. The Morgan fingerprint density at radius 2 is 1.92 bits per heavy atom. The van der Waals surface area contributed by atoms with Gasteiger partial charge >= 0.3 is 6.18 Å². The van der Waals surface area contributed by atoms with Crippen molar-refractivity contribution in [2.75, 3.05) is 0 Å². The van der Waals surface area contributed by atoms with Crippen molar-refractivity contribution in [1.82, 2.24) is 10.6 Å². The summed E-state index contributed by atoms with van der Waals surface area (Å²) in [7, 11) is 0. The van der Waals surface area contributed by atoms with Gasteiger partial charge in [0.25, 0.3) is 11.9 Å². The van der Waals surface area contributed by atoms with Crippen LogP contribution in [0.2, 0.25) is 0 Å². The number of hydrogen-bond donors (Lipinski definition) is 2. The van der Waals surface area contributed by atoms with Crippen LogP contribution in [0.5, 0.6) is 11.7 Å². The Labute approximate surface area is 147 Å². The zero-order valence-electron chi connectivity index (χ0n) is 13.7. The zero-order valence-corrected chi connectivity index (χ0v) is 13.7. The minimum atomic E-state index is -4.56. The average molecular weight is 366 g/mol. The maximum Gasteiger partial charge on any atom is 0.449 e. The van der Waals surface area contributed by atoms with E-state index in [4.69, 9.17) is 4.74 Å². The first-order chi connectivity index (χ1) is 12.4. The van der Waals surface area contributed by atoms with Crippen molar-refractivity contribution in [2.45, 2.75) is 43.6 Å². The molecule has 0 radical (unpaired) electrons. The van der Waals surface area contributed by atoms with Gasteiger partial charge in [0.15, 0.2) is 0 Å². The summed E-state index contributed by atoms with van der Waals surface area (Å²) in [5.41, 5.74) is 0.468. The molecule has 0 saturated carbocycles. The molecule has 138 valence electrons. The summed E-state index contributed by atoms with van der Waals surface area (Å²) in [6.07, 6.45) is -1.38. The molecule has 2 saturated heterocycles. The van der Waals surface area contributed by atoms with Gasteiger partial charge in [0.1, 0.15) is 5.75 Å². The normalized spacial score (nSPS) is 24.7. The summed E-state index contributed by atoms with van der Waals surface area (Å²) >= 11 is 0. The first kappa shape index (κ1) is 17.0. The highest BCUT2D eigenvalue weighted by Crippen LogP contribution is 2.34. The number of carbonyl (C=O) groups is 1. The van der Waals surface area contributed by atoms with Crippen molar-refractivity contribution in [3.05, 3.63) is 47.7 Å².